The van der Waals surface area contributed by atoms with E-state index in [0.717, 1.165) is 37.5 Å². The second kappa shape index (κ2) is 5.69. The van der Waals surface area contributed by atoms with Gasteiger partial charge in [-0.1, -0.05) is 13.8 Å². The van der Waals surface area contributed by atoms with Crippen LogP contribution in [0, 0.1) is 40.4 Å². The van der Waals surface area contributed by atoms with Crippen LogP contribution in [0.1, 0.15) is 72.1 Å². The summed E-state index contributed by atoms with van der Waals surface area (Å²) >= 11 is 0. The van der Waals surface area contributed by atoms with E-state index in [1.165, 1.54) is 25.7 Å². The van der Waals surface area contributed by atoms with E-state index in [4.69, 9.17) is 5.73 Å². The van der Waals surface area contributed by atoms with Crippen molar-refractivity contribution in [2.75, 3.05) is 0 Å². The first-order valence-electron chi connectivity index (χ1n) is 10.4. The van der Waals surface area contributed by atoms with Crippen LogP contribution >= 0.6 is 0 Å². The zero-order valence-corrected chi connectivity index (χ0v) is 15.7. The second-order valence-electron chi connectivity index (χ2n) is 10.3. The minimum Gasteiger partial charge on any atom is -0.393 e. The van der Waals surface area contributed by atoms with Crippen LogP contribution in [0.5, 0.6) is 0 Å². The van der Waals surface area contributed by atoms with E-state index in [-0.39, 0.29) is 23.7 Å². The molecule has 4 saturated carbocycles. The van der Waals surface area contributed by atoms with Crippen LogP contribution in [0.4, 0.5) is 0 Å². The van der Waals surface area contributed by atoms with E-state index in [0.29, 0.717) is 23.2 Å². The minimum atomic E-state index is -0.208. The number of rotatable bonds is 1. The van der Waals surface area contributed by atoms with Crippen LogP contribution < -0.4 is 5.73 Å². The Labute approximate surface area is 147 Å². The van der Waals surface area contributed by atoms with Crippen molar-refractivity contribution >= 4 is 0 Å². The molecule has 0 bridgehead atoms. The van der Waals surface area contributed by atoms with Crippen molar-refractivity contribution in [2.24, 2.45) is 46.2 Å². The van der Waals surface area contributed by atoms with Crippen molar-refractivity contribution in [2.45, 2.75) is 90.4 Å². The number of nitrogens with two attached hydrogens (primary N) is 1. The third-order valence-electron chi connectivity index (χ3n) is 9.30. The highest BCUT2D eigenvalue weighted by molar-refractivity contribution is 5.13. The van der Waals surface area contributed by atoms with Gasteiger partial charge in [-0.3, -0.25) is 0 Å². The zero-order valence-electron chi connectivity index (χ0n) is 15.7. The van der Waals surface area contributed by atoms with Gasteiger partial charge in [0.2, 0.25) is 0 Å². The average molecular weight is 336 g/mol. The first-order chi connectivity index (χ1) is 11.3. The predicted molar refractivity (Wildman–Crippen MR) is 96.3 cm³/mol. The summed E-state index contributed by atoms with van der Waals surface area (Å²) in [5.41, 5.74) is 7.43. The van der Waals surface area contributed by atoms with E-state index >= 15 is 0 Å². The molecule has 0 aliphatic heterocycles. The molecule has 0 radical (unpaired) electrons. The molecule has 0 aromatic heterocycles. The van der Waals surface area contributed by atoms with Crippen molar-refractivity contribution in [1.29, 1.82) is 0 Å². The summed E-state index contributed by atoms with van der Waals surface area (Å²) < 4.78 is 0. The van der Waals surface area contributed by atoms with Gasteiger partial charge in [0.1, 0.15) is 0 Å². The number of aliphatic hydroxyl groups is 2. The van der Waals surface area contributed by atoms with Gasteiger partial charge in [0.05, 0.1) is 12.2 Å². The molecule has 4 aliphatic rings. The van der Waals surface area contributed by atoms with Crippen molar-refractivity contribution < 1.29 is 10.2 Å². The van der Waals surface area contributed by atoms with Crippen LogP contribution in [0.25, 0.3) is 0 Å². The molecule has 3 heteroatoms. The first kappa shape index (κ1) is 17.3. The maximum Gasteiger partial charge on any atom is 0.0545 e. The van der Waals surface area contributed by atoms with E-state index in [9.17, 15) is 10.2 Å². The number of hydrogen-bond donors (Lipinski definition) is 3. The predicted octanol–water partition coefficient (Wildman–Crippen LogP) is 3.32. The lowest BCUT2D eigenvalue weighted by molar-refractivity contribution is -0.140. The maximum atomic E-state index is 10.3. The molecule has 0 amide bonds. The van der Waals surface area contributed by atoms with Crippen molar-refractivity contribution in [3.63, 3.8) is 0 Å². The Morgan fingerprint density at radius 3 is 2.50 bits per heavy atom. The van der Waals surface area contributed by atoms with Gasteiger partial charge < -0.3 is 15.9 Å². The van der Waals surface area contributed by atoms with Gasteiger partial charge in [0, 0.05) is 6.04 Å². The van der Waals surface area contributed by atoms with Crippen LogP contribution in [-0.4, -0.2) is 28.5 Å². The van der Waals surface area contributed by atoms with E-state index in [1.54, 1.807) is 0 Å². The summed E-state index contributed by atoms with van der Waals surface area (Å²) in [6, 6.07) is 0.263. The SMILES string of the molecule is C[C@H](O)[C@@H]1CC[C@@H]2[C@@H]3CC[C@@H]4C[C@H](O)CC[C@]4(C)[C@@H]3[C@@H](N)C[C@]21C. The monoisotopic (exact) mass is 335 g/mol. The van der Waals surface area contributed by atoms with Gasteiger partial charge in [0.15, 0.2) is 0 Å². The third kappa shape index (κ3) is 2.27. The molecule has 0 aromatic rings. The average Bonchev–Trinajstić information content (AvgIpc) is 2.84. The van der Waals surface area contributed by atoms with Gasteiger partial charge in [-0.25, -0.2) is 0 Å². The fourth-order valence-electron chi connectivity index (χ4n) is 8.33. The first-order valence-corrected chi connectivity index (χ1v) is 10.4. The van der Waals surface area contributed by atoms with Crippen LogP contribution in [0.3, 0.4) is 0 Å². The molecule has 4 rings (SSSR count). The Balaban J connectivity index is 1.66. The van der Waals surface area contributed by atoms with E-state index in [2.05, 4.69) is 13.8 Å². The van der Waals surface area contributed by atoms with Crippen LogP contribution in [-0.2, 0) is 0 Å². The molecule has 4 N–H and O–H groups in total. The van der Waals surface area contributed by atoms with Gasteiger partial charge in [-0.2, -0.15) is 0 Å². The van der Waals surface area contributed by atoms with Gasteiger partial charge in [-0.15, -0.1) is 0 Å². The van der Waals surface area contributed by atoms with E-state index < -0.39 is 0 Å². The van der Waals surface area contributed by atoms with Crippen molar-refractivity contribution in [3.05, 3.63) is 0 Å². The standard InChI is InChI=1S/C21H37NO2/c1-12(23)16-6-7-17-15-5-4-13-10-14(24)8-9-20(13,2)19(15)18(22)11-21(16,17)3/h12-19,23-24H,4-11,22H2,1-3H3/t12-,13+,14+,15-,16-,17+,18-,19-,20-,21-/m0/s1. The zero-order chi connectivity index (χ0) is 17.3. The molecule has 4 fully saturated rings. The van der Waals surface area contributed by atoms with Gasteiger partial charge >= 0.3 is 0 Å². The smallest absolute Gasteiger partial charge is 0.0545 e. The molecule has 0 saturated heterocycles. The summed E-state index contributed by atoms with van der Waals surface area (Å²) in [4.78, 5) is 0. The molecule has 10 atom stereocenters. The Morgan fingerprint density at radius 1 is 1.04 bits per heavy atom. The molecule has 24 heavy (non-hydrogen) atoms. The lowest BCUT2D eigenvalue weighted by Crippen LogP contribution is -2.61. The van der Waals surface area contributed by atoms with Crippen molar-refractivity contribution in [1.82, 2.24) is 0 Å². The van der Waals surface area contributed by atoms with E-state index in [1.807, 2.05) is 6.92 Å². The molecule has 0 heterocycles. The molecule has 0 aromatic carbocycles. The Bertz CT molecular complexity index is 494. The lowest BCUT2D eigenvalue weighted by Gasteiger charge is -2.63. The quantitative estimate of drug-likeness (QED) is 0.688. The summed E-state index contributed by atoms with van der Waals surface area (Å²) in [7, 11) is 0. The Morgan fingerprint density at radius 2 is 1.79 bits per heavy atom. The summed E-state index contributed by atoms with van der Waals surface area (Å²) in [5, 5.41) is 20.5. The fraction of sp³-hybridized carbons (Fsp3) is 1.00. The number of aliphatic hydroxyl groups excluding tert-OH is 2. The topological polar surface area (TPSA) is 66.5 Å². The van der Waals surface area contributed by atoms with Crippen LogP contribution in [0.2, 0.25) is 0 Å². The van der Waals surface area contributed by atoms with Gasteiger partial charge in [0.25, 0.3) is 0 Å². The van der Waals surface area contributed by atoms with Crippen LogP contribution in [0.15, 0.2) is 0 Å². The lowest BCUT2D eigenvalue weighted by atomic mass is 9.43. The molecular formula is C21H37NO2. The Hall–Kier alpha value is -0.120. The fourth-order valence-corrected chi connectivity index (χ4v) is 8.33. The summed E-state index contributed by atoms with van der Waals surface area (Å²) in [6.07, 6.45) is 8.90. The minimum absolute atomic E-state index is 0.0872. The normalized spacial score (nSPS) is 58.5. The maximum absolute atomic E-state index is 10.3. The molecule has 0 unspecified atom stereocenters. The molecule has 0 spiro atoms. The highest BCUT2D eigenvalue weighted by atomic mass is 16.3. The molecule has 138 valence electrons. The van der Waals surface area contributed by atoms with Crippen molar-refractivity contribution in [3.8, 4) is 0 Å². The highest BCUT2D eigenvalue weighted by Crippen LogP contribution is 2.67. The summed E-state index contributed by atoms with van der Waals surface area (Å²) in [6.45, 7) is 6.90. The number of fused-ring (bicyclic) bond motifs is 5. The molecular weight excluding hydrogens is 298 g/mol. The highest BCUT2D eigenvalue weighted by Gasteiger charge is 2.62. The third-order valence-corrected chi connectivity index (χ3v) is 9.30. The Kier molecular flexibility index (Phi) is 4.10. The summed E-state index contributed by atoms with van der Waals surface area (Å²) in [5.74, 6) is 3.18. The number of hydrogen-bond acceptors (Lipinski definition) is 3. The second-order valence-corrected chi connectivity index (χ2v) is 10.3. The largest absolute Gasteiger partial charge is 0.393 e. The molecule has 4 aliphatic carbocycles. The molecule has 3 nitrogen and oxygen atoms in total. The van der Waals surface area contributed by atoms with Gasteiger partial charge in [-0.05, 0) is 98.7 Å².